The van der Waals surface area contributed by atoms with Gasteiger partial charge in [-0.25, -0.2) is 0 Å². The highest BCUT2D eigenvalue weighted by atomic mass is 16.6. The first-order chi connectivity index (χ1) is 8.10. The molecule has 1 amide bonds. The Kier molecular flexibility index (Phi) is 4.41. The first-order valence-electron chi connectivity index (χ1n) is 5.04. The largest absolute Gasteiger partial charge is 0.378 e. The van der Waals surface area contributed by atoms with Gasteiger partial charge in [0.15, 0.2) is 0 Å². The Hall–Kier alpha value is -2.15. The third kappa shape index (κ3) is 3.15. The third-order valence-corrected chi connectivity index (χ3v) is 2.14. The summed E-state index contributed by atoms with van der Waals surface area (Å²) in [6.45, 7) is 0.800. The summed E-state index contributed by atoms with van der Waals surface area (Å²) in [5, 5.41) is 16.1. The minimum Gasteiger partial charge on any atom is -0.378 e. The summed E-state index contributed by atoms with van der Waals surface area (Å²) in [5.41, 5.74) is 5.77. The van der Waals surface area contributed by atoms with Crippen LogP contribution in [0.1, 0.15) is 10.4 Å². The summed E-state index contributed by atoms with van der Waals surface area (Å²) in [7, 11) is 1.47. The van der Waals surface area contributed by atoms with Crippen LogP contribution in [0.15, 0.2) is 18.2 Å². The number of rotatable bonds is 5. The Morgan fingerprint density at radius 1 is 1.53 bits per heavy atom. The van der Waals surface area contributed by atoms with Crippen molar-refractivity contribution < 1.29 is 9.72 Å². The van der Waals surface area contributed by atoms with Gasteiger partial charge in [0, 0.05) is 31.8 Å². The number of carbonyl (C=O) groups excluding carboxylic acids is 1. The van der Waals surface area contributed by atoms with Crippen molar-refractivity contribution in [3.05, 3.63) is 33.9 Å². The van der Waals surface area contributed by atoms with Crippen LogP contribution in [0.5, 0.6) is 0 Å². The summed E-state index contributed by atoms with van der Waals surface area (Å²) >= 11 is 0. The van der Waals surface area contributed by atoms with Gasteiger partial charge in [-0.15, -0.1) is 0 Å². The molecule has 0 bridgehead atoms. The molecule has 7 heteroatoms. The SMILES string of the molecule is CNC(=O)c1ccc(NCCN)c([N+](=O)[O-])c1. The van der Waals surface area contributed by atoms with Crippen LogP contribution in [0.3, 0.4) is 0 Å². The molecule has 0 saturated heterocycles. The number of nitro benzene ring substituents is 1. The highest BCUT2D eigenvalue weighted by Crippen LogP contribution is 2.25. The fourth-order valence-corrected chi connectivity index (χ4v) is 1.32. The number of anilines is 1. The fourth-order valence-electron chi connectivity index (χ4n) is 1.32. The molecule has 17 heavy (non-hydrogen) atoms. The van der Waals surface area contributed by atoms with E-state index >= 15 is 0 Å². The van der Waals surface area contributed by atoms with Crippen LogP contribution in [0, 0.1) is 10.1 Å². The van der Waals surface area contributed by atoms with Gasteiger partial charge in [-0.05, 0) is 12.1 Å². The first-order valence-corrected chi connectivity index (χ1v) is 5.04. The number of carbonyl (C=O) groups is 1. The lowest BCUT2D eigenvalue weighted by Crippen LogP contribution is -2.18. The van der Waals surface area contributed by atoms with Crippen molar-refractivity contribution in [1.29, 1.82) is 0 Å². The van der Waals surface area contributed by atoms with Gasteiger partial charge in [0.05, 0.1) is 4.92 Å². The maximum atomic E-state index is 11.3. The van der Waals surface area contributed by atoms with E-state index in [0.717, 1.165) is 0 Å². The minimum absolute atomic E-state index is 0.139. The predicted molar refractivity (Wildman–Crippen MR) is 64.0 cm³/mol. The minimum atomic E-state index is -0.536. The number of nitrogens with one attached hydrogen (secondary N) is 2. The molecule has 0 radical (unpaired) electrons. The normalized spacial score (nSPS) is 9.76. The van der Waals surface area contributed by atoms with Crippen LogP contribution < -0.4 is 16.4 Å². The molecule has 0 aromatic heterocycles. The second-order valence-electron chi connectivity index (χ2n) is 3.28. The molecule has 4 N–H and O–H groups in total. The average molecular weight is 238 g/mol. The van der Waals surface area contributed by atoms with Crippen molar-refractivity contribution in [2.75, 3.05) is 25.5 Å². The Balaban J connectivity index is 3.08. The van der Waals surface area contributed by atoms with Gasteiger partial charge in [0.1, 0.15) is 5.69 Å². The number of nitrogens with zero attached hydrogens (tertiary/aromatic N) is 1. The Labute approximate surface area is 98.1 Å². The number of benzene rings is 1. The molecule has 0 saturated carbocycles. The number of nitrogens with two attached hydrogens (primary N) is 1. The fraction of sp³-hybridized carbons (Fsp3) is 0.300. The zero-order valence-corrected chi connectivity index (χ0v) is 9.40. The number of hydrogen-bond acceptors (Lipinski definition) is 5. The van der Waals surface area contributed by atoms with Crippen molar-refractivity contribution in [3.8, 4) is 0 Å². The van der Waals surface area contributed by atoms with Gasteiger partial charge in [-0.1, -0.05) is 0 Å². The zero-order valence-electron chi connectivity index (χ0n) is 9.40. The topological polar surface area (TPSA) is 110 Å². The third-order valence-electron chi connectivity index (χ3n) is 2.14. The molecule has 0 aliphatic rings. The van der Waals surface area contributed by atoms with E-state index in [-0.39, 0.29) is 17.2 Å². The quantitative estimate of drug-likeness (QED) is 0.505. The lowest BCUT2D eigenvalue weighted by molar-refractivity contribution is -0.384. The summed E-state index contributed by atoms with van der Waals surface area (Å²) in [6.07, 6.45) is 0. The smallest absolute Gasteiger partial charge is 0.293 e. The van der Waals surface area contributed by atoms with Crippen molar-refractivity contribution in [1.82, 2.24) is 5.32 Å². The van der Waals surface area contributed by atoms with Crippen molar-refractivity contribution in [2.45, 2.75) is 0 Å². The molecule has 92 valence electrons. The average Bonchev–Trinajstić information content (AvgIpc) is 2.35. The zero-order chi connectivity index (χ0) is 12.8. The molecule has 0 aliphatic carbocycles. The Morgan fingerprint density at radius 2 is 2.24 bits per heavy atom. The number of hydrogen-bond donors (Lipinski definition) is 3. The second-order valence-corrected chi connectivity index (χ2v) is 3.28. The van der Waals surface area contributed by atoms with Crippen molar-refractivity contribution >= 4 is 17.3 Å². The lowest BCUT2D eigenvalue weighted by Gasteiger charge is -2.07. The van der Waals surface area contributed by atoms with E-state index in [1.165, 1.54) is 25.2 Å². The maximum absolute atomic E-state index is 11.3. The first kappa shape index (κ1) is 12.9. The molecule has 1 aromatic rings. The van der Waals surface area contributed by atoms with Crippen molar-refractivity contribution in [2.24, 2.45) is 5.73 Å². The molecule has 7 nitrogen and oxygen atoms in total. The second kappa shape index (κ2) is 5.80. The molecule has 1 rings (SSSR count). The van der Waals surface area contributed by atoms with Gasteiger partial charge in [-0.3, -0.25) is 14.9 Å². The highest BCUT2D eigenvalue weighted by molar-refractivity contribution is 5.95. The summed E-state index contributed by atoms with van der Waals surface area (Å²) in [5.74, 6) is -0.363. The van der Waals surface area contributed by atoms with E-state index in [1.807, 2.05) is 0 Å². The van der Waals surface area contributed by atoms with E-state index in [0.29, 0.717) is 18.8 Å². The van der Waals surface area contributed by atoms with Gasteiger partial charge < -0.3 is 16.4 Å². The van der Waals surface area contributed by atoms with E-state index in [9.17, 15) is 14.9 Å². The van der Waals surface area contributed by atoms with Gasteiger partial charge >= 0.3 is 0 Å². The van der Waals surface area contributed by atoms with E-state index < -0.39 is 4.92 Å². The van der Waals surface area contributed by atoms with Crippen LogP contribution in [0.2, 0.25) is 0 Å². The van der Waals surface area contributed by atoms with E-state index in [4.69, 9.17) is 5.73 Å². The molecular weight excluding hydrogens is 224 g/mol. The molecule has 0 heterocycles. The molecule has 0 unspecified atom stereocenters. The Bertz CT molecular complexity index is 434. The predicted octanol–water partition coefficient (Wildman–Crippen LogP) is 0.325. The van der Waals surface area contributed by atoms with Gasteiger partial charge in [-0.2, -0.15) is 0 Å². The van der Waals surface area contributed by atoms with E-state index in [2.05, 4.69) is 10.6 Å². The number of nitro groups is 1. The lowest BCUT2D eigenvalue weighted by atomic mass is 10.1. The number of amides is 1. The highest BCUT2D eigenvalue weighted by Gasteiger charge is 2.16. The molecule has 1 aromatic carbocycles. The summed E-state index contributed by atoms with van der Waals surface area (Å²) in [6, 6.07) is 4.25. The monoisotopic (exact) mass is 238 g/mol. The van der Waals surface area contributed by atoms with Crippen LogP contribution in [-0.2, 0) is 0 Å². The van der Waals surface area contributed by atoms with E-state index in [1.54, 1.807) is 0 Å². The van der Waals surface area contributed by atoms with Crippen molar-refractivity contribution in [3.63, 3.8) is 0 Å². The molecular formula is C10H14N4O3. The molecule has 0 fully saturated rings. The Morgan fingerprint density at radius 3 is 2.76 bits per heavy atom. The summed E-state index contributed by atoms with van der Waals surface area (Å²) in [4.78, 5) is 21.7. The van der Waals surface area contributed by atoms with Gasteiger partial charge in [0.25, 0.3) is 11.6 Å². The summed E-state index contributed by atoms with van der Waals surface area (Å²) < 4.78 is 0. The molecule has 0 spiro atoms. The van der Waals surface area contributed by atoms with Gasteiger partial charge in [0.2, 0.25) is 0 Å². The molecule has 0 atom stereocenters. The van der Waals surface area contributed by atoms with Crippen LogP contribution >= 0.6 is 0 Å². The standard InChI is InChI=1S/C10H14N4O3/c1-12-10(15)7-2-3-8(13-5-4-11)9(6-7)14(16)17/h2-3,6,13H,4-5,11H2,1H3,(H,12,15). The molecule has 0 aliphatic heterocycles. The van der Waals surface area contributed by atoms with Crippen LogP contribution in [0.4, 0.5) is 11.4 Å². The van der Waals surface area contributed by atoms with Crippen LogP contribution in [-0.4, -0.2) is 31.0 Å². The maximum Gasteiger partial charge on any atom is 0.293 e. The van der Waals surface area contributed by atoms with Crippen LogP contribution in [0.25, 0.3) is 0 Å².